The number of hydrogen-bond donors (Lipinski definition) is 1. The van der Waals surface area contributed by atoms with E-state index in [9.17, 15) is 26.4 Å². The van der Waals surface area contributed by atoms with E-state index in [1.54, 1.807) is 6.07 Å². The van der Waals surface area contributed by atoms with Crippen LogP contribution in [0.4, 0.5) is 13.2 Å². The smallest absolute Gasteiger partial charge is 0.347 e. The number of alkyl halides is 3. The summed E-state index contributed by atoms with van der Waals surface area (Å²) >= 11 is 0. The van der Waals surface area contributed by atoms with Gasteiger partial charge in [0.1, 0.15) is 0 Å². The van der Waals surface area contributed by atoms with Gasteiger partial charge in [0.2, 0.25) is 5.91 Å². The van der Waals surface area contributed by atoms with E-state index in [2.05, 4.69) is 5.32 Å². The molecule has 1 saturated carbocycles. The highest BCUT2D eigenvalue weighted by molar-refractivity contribution is 7.91. The molecular weight excluding hydrogens is 355 g/mol. The van der Waals surface area contributed by atoms with Crippen molar-refractivity contribution < 1.29 is 26.4 Å². The monoisotopic (exact) mass is 375 g/mol. The molecule has 25 heavy (non-hydrogen) atoms. The Kier molecular flexibility index (Phi) is 4.59. The second kappa shape index (κ2) is 6.30. The fraction of sp³-hybridized carbons (Fsp3) is 0.588. The Morgan fingerprint density at radius 3 is 2.52 bits per heavy atom. The lowest BCUT2D eigenvalue weighted by Gasteiger charge is -2.43. The van der Waals surface area contributed by atoms with Crippen molar-refractivity contribution in [3.63, 3.8) is 0 Å². The zero-order valence-corrected chi connectivity index (χ0v) is 14.4. The summed E-state index contributed by atoms with van der Waals surface area (Å²) in [5.74, 6) is -0.386. The molecule has 1 saturated heterocycles. The lowest BCUT2D eigenvalue weighted by molar-refractivity contribution is -0.137. The second-order valence-electron chi connectivity index (χ2n) is 7.04. The number of benzene rings is 1. The van der Waals surface area contributed by atoms with Crippen molar-refractivity contribution in [3.05, 3.63) is 35.4 Å². The molecule has 0 radical (unpaired) electrons. The summed E-state index contributed by atoms with van der Waals surface area (Å²) in [4.78, 5) is 12.3. The number of sulfone groups is 1. The van der Waals surface area contributed by atoms with E-state index in [1.807, 2.05) is 0 Å². The van der Waals surface area contributed by atoms with Crippen molar-refractivity contribution in [2.24, 2.45) is 5.92 Å². The fourth-order valence-corrected chi connectivity index (χ4v) is 5.48. The third kappa shape index (κ3) is 3.99. The largest absolute Gasteiger partial charge is 0.416 e. The van der Waals surface area contributed by atoms with E-state index >= 15 is 0 Å². The van der Waals surface area contributed by atoms with Crippen molar-refractivity contribution in [3.8, 4) is 0 Å². The van der Waals surface area contributed by atoms with Crippen molar-refractivity contribution in [2.75, 3.05) is 11.5 Å². The first-order chi connectivity index (χ1) is 11.6. The van der Waals surface area contributed by atoms with Gasteiger partial charge in [0.15, 0.2) is 9.84 Å². The predicted molar refractivity (Wildman–Crippen MR) is 86.5 cm³/mol. The van der Waals surface area contributed by atoms with Crippen LogP contribution in [0, 0.1) is 5.92 Å². The standard InChI is InChI=1S/C17H20F3NO3S/c18-17(19,20)14-4-1-3-13(10-14)16(6-2-7-16)21-15(22)9-12-5-8-25(23,24)11-12/h1,3-4,10,12H,2,5-9,11H2,(H,21,22). The molecule has 0 spiro atoms. The SMILES string of the molecule is O=C(CC1CCS(=O)(=O)C1)NC1(c2cccc(C(F)(F)F)c2)CCC1. The number of carbonyl (C=O) groups is 1. The average Bonchev–Trinajstić information content (AvgIpc) is 2.81. The number of nitrogens with one attached hydrogen (secondary N) is 1. The summed E-state index contributed by atoms with van der Waals surface area (Å²) in [7, 11) is -3.06. The summed E-state index contributed by atoms with van der Waals surface area (Å²) in [6.07, 6.45) is -1.87. The van der Waals surface area contributed by atoms with Crippen LogP contribution in [0.3, 0.4) is 0 Å². The first-order valence-electron chi connectivity index (χ1n) is 8.29. The Labute approximate surface area is 144 Å². The molecule has 2 aliphatic rings. The summed E-state index contributed by atoms with van der Waals surface area (Å²) in [5.41, 5.74) is -1.04. The molecule has 4 nitrogen and oxygen atoms in total. The summed E-state index contributed by atoms with van der Waals surface area (Å²) in [6.45, 7) is 0. The molecule has 1 atom stereocenters. The molecular formula is C17H20F3NO3S. The summed E-state index contributed by atoms with van der Waals surface area (Å²) < 4.78 is 61.8. The molecule has 1 heterocycles. The van der Waals surface area contributed by atoms with Crippen LogP contribution in [0.25, 0.3) is 0 Å². The molecule has 1 aliphatic carbocycles. The minimum atomic E-state index is -4.43. The molecule has 0 bridgehead atoms. The number of rotatable bonds is 4. The van der Waals surface area contributed by atoms with Crippen LogP contribution in [0.5, 0.6) is 0 Å². The van der Waals surface area contributed by atoms with Gasteiger partial charge in [-0.25, -0.2) is 8.42 Å². The lowest BCUT2D eigenvalue weighted by Crippen LogP contribution is -2.51. The molecule has 1 amide bonds. The van der Waals surface area contributed by atoms with Gasteiger partial charge in [-0.15, -0.1) is 0 Å². The van der Waals surface area contributed by atoms with Crippen molar-refractivity contribution in [1.82, 2.24) is 5.32 Å². The van der Waals surface area contributed by atoms with E-state index < -0.39 is 27.1 Å². The van der Waals surface area contributed by atoms with Gasteiger partial charge in [0.05, 0.1) is 22.6 Å². The summed E-state index contributed by atoms with van der Waals surface area (Å²) in [5, 5.41) is 2.88. The number of amides is 1. The van der Waals surface area contributed by atoms with Crippen molar-refractivity contribution in [1.29, 1.82) is 0 Å². The number of carbonyl (C=O) groups excluding carboxylic acids is 1. The van der Waals surface area contributed by atoms with Gasteiger partial charge in [-0.05, 0) is 49.3 Å². The molecule has 138 valence electrons. The van der Waals surface area contributed by atoms with E-state index in [-0.39, 0.29) is 29.8 Å². The van der Waals surface area contributed by atoms with Crippen LogP contribution in [0.15, 0.2) is 24.3 Å². The molecule has 1 aromatic rings. The number of halogens is 3. The maximum atomic E-state index is 12.9. The van der Waals surface area contributed by atoms with Gasteiger partial charge in [-0.1, -0.05) is 12.1 Å². The van der Waals surface area contributed by atoms with Crippen LogP contribution in [-0.4, -0.2) is 25.8 Å². The Morgan fingerprint density at radius 1 is 1.28 bits per heavy atom. The van der Waals surface area contributed by atoms with Crippen LogP contribution in [-0.2, 0) is 26.3 Å². The van der Waals surface area contributed by atoms with Crippen LogP contribution >= 0.6 is 0 Å². The van der Waals surface area contributed by atoms with Crippen molar-refractivity contribution >= 4 is 15.7 Å². The molecule has 2 fully saturated rings. The quantitative estimate of drug-likeness (QED) is 0.880. The highest BCUT2D eigenvalue weighted by Gasteiger charge is 2.42. The van der Waals surface area contributed by atoms with Gasteiger partial charge in [0.25, 0.3) is 0 Å². The first-order valence-corrected chi connectivity index (χ1v) is 10.1. The van der Waals surface area contributed by atoms with Gasteiger partial charge in [-0.2, -0.15) is 13.2 Å². The lowest BCUT2D eigenvalue weighted by atomic mass is 9.71. The van der Waals surface area contributed by atoms with E-state index in [4.69, 9.17) is 0 Å². The minimum Gasteiger partial charge on any atom is -0.347 e. The zero-order chi connectivity index (χ0) is 18.3. The zero-order valence-electron chi connectivity index (χ0n) is 13.6. The first kappa shape index (κ1) is 18.2. The molecule has 3 rings (SSSR count). The maximum absolute atomic E-state index is 12.9. The highest BCUT2D eigenvalue weighted by atomic mass is 32.2. The Morgan fingerprint density at radius 2 is 2.00 bits per heavy atom. The van der Waals surface area contributed by atoms with Gasteiger partial charge < -0.3 is 5.32 Å². The van der Waals surface area contributed by atoms with Gasteiger partial charge in [0, 0.05) is 6.42 Å². The highest BCUT2D eigenvalue weighted by Crippen LogP contribution is 2.43. The normalized spacial score (nSPS) is 24.5. The molecule has 0 aromatic heterocycles. The van der Waals surface area contributed by atoms with E-state index in [1.165, 1.54) is 6.07 Å². The van der Waals surface area contributed by atoms with Gasteiger partial charge >= 0.3 is 6.18 Å². The minimum absolute atomic E-state index is 0.0109. The fourth-order valence-electron chi connectivity index (χ4n) is 3.62. The van der Waals surface area contributed by atoms with Crippen LogP contribution in [0.1, 0.15) is 43.2 Å². The molecule has 1 N–H and O–H groups in total. The Bertz CT molecular complexity index is 770. The third-order valence-corrected chi connectivity index (χ3v) is 6.97. The van der Waals surface area contributed by atoms with Crippen LogP contribution < -0.4 is 5.32 Å². The number of hydrogen-bond acceptors (Lipinski definition) is 3. The Balaban J connectivity index is 1.72. The molecule has 1 unspecified atom stereocenters. The van der Waals surface area contributed by atoms with E-state index in [0.29, 0.717) is 24.8 Å². The topological polar surface area (TPSA) is 63.2 Å². The second-order valence-corrected chi connectivity index (χ2v) is 9.26. The molecule has 1 aliphatic heterocycles. The molecule has 8 heteroatoms. The average molecular weight is 375 g/mol. The Hall–Kier alpha value is -1.57. The predicted octanol–water partition coefficient (Wildman–Crippen LogP) is 3.03. The third-order valence-electron chi connectivity index (χ3n) is 5.13. The maximum Gasteiger partial charge on any atom is 0.416 e. The summed E-state index contributed by atoms with van der Waals surface area (Å²) in [6, 6.07) is 5.07. The van der Waals surface area contributed by atoms with Crippen molar-refractivity contribution in [2.45, 2.75) is 43.8 Å². The molecule has 1 aromatic carbocycles. The van der Waals surface area contributed by atoms with E-state index in [0.717, 1.165) is 18.6 Å². The van der Waals surface area contributed by atoms with Gasteiger partial charge in [-0.3, -0.25) is 4.79 Å². The van der Waals surface area contributed by atoms with Crippen LogP contribution in [0.2, 0.25) is 0 Å².